The van der Waals surface area contributed by atoms with Crippen molar-refractivity contribution >= 4 is 23.4 Å². The van der Waals surface area contributed by atoms with Crippen molar-refractivity contribution in [3.8, 4) is 0 Å². The van der Waals surface area contributed by atoms with E-state index in [0.717, 1.165) is 22.7 Å². The van der Waals surface area contributed by atoms with Crippen molar-refractivity contribution in [1.82, 2.24) is 4.98 Å². The summed E-state index contributed by atoms with van der Waals surface area (Å²) in [7, 11) is 0. The van der Waals surface area contributed by atoms with Crippen molar-refractivity contribution in [1.29, 1.82) is 0 Å². The highest BCUT2D eigenvalue weighted by molar-refractivity contribution is 7.99. The highest BCUT2D eigenvalue weighted by Crippen LogP contribution is 2.20. The number of hydrogen-bond donors (Lipinski definition) is 1. The minimum atomic E-state index is -0.0656. The van der Waals surface area contributed by atoms with E-state index in [0.29, 0.717) is 5.22 Å². The average molecular weight is 276 g/mol. The standard InChI is InChI=1S/C14H16N2O2S/c1-9-5-4-6-12(7-9)16-13(17)8-19-14-15-10(2)11(3)18-14/h4-7H,8H2,1-3H3,(H,16,17). The van der Waals surface area contributed by atoms with Crippen LogP contribution in [0.3, 0.4) is 0 Å². The molecule has 2 aromatic rings. The molecule has 0 saturated carbocycles. The monoisotopic (exact) mass is 276 g/mol. The summed E-state index contributed by atoms with van der Waals surface area (Å²) in [5.74, 6) is 1.01. The molecule has 1 aromatic heterocycles. The van der Waals surface area contributed by atoms with E-state index in [-0.39, 0.29) is 11.7 Å². The molecule has 0 fully saturated rings. The van der Waals surface area contributed by atoms with Crippen LogP contribution in [-0.4, -0.2) is 16.6 Å². The Kier molecular flexibility index (Phi) is 4.27. The fourth-order valence-electron chi connectivity index (χ4n) is 1.55. The number of carbonyl (C=O) groups excluding carboxylic acids is 1. The van der Waals surface area contributed by atoms with Gasteiger partial charge in [0.25, 0.3) is 5.22 Å². The Hall–Kier alpha value is -1.75. The molecule has 0 spiro atoms. The van der Waals surface area contributed by atoms with E-state index in [2.05, 4.69) is 10.3 Å². The van der Waals surface area contributed by atoms with Crippen molar-refractivity contribution < 1.29 is 9.21 Å². The van der Waals surface area contributed by atoms with Crippen LogP contribution in [0, 0.1) is 20.8 Å². The zero-order valence-corrected chi connectivity index (χ0v) is 12.0. The summed E-state index contributed by atoms with van der Waals surface area (Å²) in [6, 6.07) is 7.71. The Bertz CT molecular complexity index is 573. The van der Waals surface area contributed by atoms with Gasteiger partial charge in [-0.1, -0.05) is 23.9 Å². The number of nitrogens with zero attached hydrogens (tertiary/aromatic N) is 1. The van der Waals surface area contributed by atoms with E-state index in [4.69, 9.17) is 4.42 Å². The van der Waals surface area contributed by atoms with Gasteiger partial charge in [-0.05, 0) is 38.5 Å². The maximum Gasteiger partial charge on any atom is 0.256 e. The molecule has 2 rings (SSSR count). The largest absolute Gasteiger partial charge is 0.437 e. The molecule has 4 nitrogen and oxygen atoms in total. The van der Waals surface area contributed by atoms with Gasteiger partial charge in [0.15, 0.2) is 0 Å². The summed E-state index contributed by atoms with van der Waals surface area (Å²) in [6.07, 6.45) is 0. The summed E-state index contributed by atoms with van der Waals surface area (Å²) < 4.78 is 5.41. The number of aryl methyl sites for hydroxylation is 3. The molecule has 1 aromatic carbocycles. The van der Waals surface area contributed by atoms with Gasteiger partial charge in [-0.2, -0.15) is 0 Å². The van der Waals surface area contributed by atoms with Crippen molar-refractivity contribution in [2.75, 3.05) is 11.1 Å². The van der Waals surface area contributed by atoms with E-state index in [9.17, 15) is 4.79 Å². The molecule has 100 valence electrons. The average Bonchev–Trinajstić information content (AvgIpc) is 2.66. The Morgan fingerprint density at radius 1 is 1.37 bits per heavy atom. The molecular weight excluding hydrogens is 260 g/mol. The van der Waals surface area contributed by atoms with Gasteiger partial charge < -0.3 is 9.73 Å². The fraction of sp³-hybridized carbons (Fsp3) is 0.286. The van der Waals surface area contributed by atoms with Gasteiger partial charge in [-0.15, -0.1) is 0 Å². The lowest BCUT2D eigenvalue weighted by Gasteiger charge is -2.04. The molecule has 0 unspecified atom stereocenters. The van der Waals surface area contributed by atoms with Crippen LogP contribution in [0.15, 0.2) is 33.9 Å². The minimum Gasteiger partial charge on any atom is -0.437 e. The lowest BCUT2D eigenvalue weighted by Crippen LogP contribution is -2.13. The van der Waals surface area contributed by atoms with Crippen molar-refractivity contribution in [2.24, 2.45) is 0 Å². The molecule has 0 saturated heterocycles. The van der Waals surface area contributed by atoms with Crippen molar-refractivity contribution in [3.05, 3.63) is 41.3 Å². The third-order valence-corrected chi connectivity index (χ3v) is 3.47. The molecule has 0 aliphatic heterocycles. The van der Waals surface area contributed by atoms with Gasteiger partial charge in [-0.3, -0.25) is 4.79 Å². The normalized spacial score (nSPS) is 10.5. The first kappa shape index (κ1) is 13.7. The quantitative estimate of drug-likeness (QED) is 0.870. The number of oxazole rings is 1. The van der Waals surface area contributed by atoms with Gasteiger partial charge in [0.05, 0.1) is 11.4 Å². The Labute approximate surface area is 116 Å². The van der Waals surface area contributed by atoms with Crippen LogP contribution in [0.4, 0.5) is 5.69 Å². The smallest absolute Gasteiger partial charge is 0.256 e. The number of hydrogen-bond acceptors (Lipinski definition) is 4. The number of nitrogens with one attached hydrogen (secondary N) is 1. The molecule has 0 aliphatic rings. The SMILES string of the molecule is Cc1cccc(NC(=O)CSc2nc(C)c(C)o2)c1. The number of amides is 1. The number of aromatic nitrogens is 1. The van der Waals surface area contributed by atoms with Gasteiger partial charge in [0, 0.05) is 5.69 Å². The first-order valence-corrected chi connectivity index (χ1v) is 6.96. The molecule has 0 radical (unpaired) electrons. The first-order chi connectivity index (χ1) is 9.04. The van der Waals surface area contributed by atoms with Gasteiger partial charge in [0.1, 0.15) is 5.76 Å². The summed E-state index contributed by atoms with van der Waals surface area (Å²) >= 11 is 1.30. The third-order valence-electron chi connectivity index (χ3n) is 2.64. The minimum absolute atomic E-state index is 0.0656. The molecule has 1 N–H and O–H groups in total. The maximum atomic E-state index is 11.8. The number of thioether (sulfide) groups is 1. The lowest BCUT2D eigenvalue weighted by molar-refractivity contribution is -0.113. The van der Waals surface area contributed by atoms with Crippen LogP contribution in [0.25, 0.3) is 0 Å². The molecule has 0 bridgehead atoms. The zero-order chi connectivity index (χ0) is 13.8. The maximum absolute atomic E-state index is 11.8. The van der Waals surface area contributed by atoms with Crippen LogP contribution in [0.5, 0.6) is 0 Å². The highest BCUT2D eigenvalue weighted by Gasteiger charge is 2.09. The van der Waals surface area contributed by atoms with Crippen LogP contribution >= 0.6 is 11.8 Å². The van der Waals surface area contributed by atoms with Gasteiger partial charge >= 0.3 is 0 Å². The number of anilines is 1. The van der Waals surface area contributed by atoms with Gasteiger partial charge in [-0.25, -0.2) is 4.98 Å². The molecule has 0 aliphatic carbocycles. The molecule has 19 heavy (non-hydrogen) atoms. The van der Waals surface area contributed by atoms with Gasteiger partial charge in [0.2, 0.25) is 5.91 Å². The second-order valence-corrected chi connectivity index (χ2v) is 5.25. The van der Waals surface area contributed by atoms with Crippen LogP contribution in [0.2, 0.25) is 0 Å². The van der Waals surface area contributed by atoms with E-state index < -0.39 is 0 Å². The lowest BCUT2D eigenvalue weighted by atomic mass is 10.2. The predicted molar refractivity (Wildman–Crippen MR) is 76.5 cm³/mol. The summed E-state index contributed by atoms with van der Waals surface area (Å²) in [4.78, 5) is 16.0. The van der Waals surface area contributed by atoms with Crippen LogP contribution in [0.1, 0.15) is 17.0 Å². The van der Waals surface area contributed by atoms with Crippen molar-refractivity contribution in [3.63, 3.8) is 0 Å². The zero-order valence-electron chi connectivity index (χ0n) is 11.2. The van der Waals surface area contributed by atoms with E-state index in [1.807, 2.05) is 45.0 Å². The topological polar surface area (TPSA) is 55.1 Å². The van der Waals surface area contributed by atoms with E-state index in [1.54, 1.807) is 0 Å². The Morgan fingerprint density at radius 2 is 2.16 bits per heavy atom. The van der Waals surface area contributed by atoms with E-state index in [1.165, 1.54) is 11.8 Å². The Morgan fingerprint density at radius 3 is 2.79 bits per heavy atom. The second-order valence-electron chi connectivity index (χ2n) is 4.33. The fourth-order valence-corrected chi connectivity index (χ4v) is 2.26. The first-order valence-electron chi connectivity index (χ1n) is 5.98. The molecule has 1 amide bonds. The number of carbonyl (C=O) groups is 1. The number of benzene rings is 1. The molecular formula is C14H16N2O2S. The summed E-state index contributed by atoms with van der Waals surface area (Å²) in [5, 5.41) is 3.38. The second kappa shape index (κ2) is 5.93. The van der Waals surface area contributed by atoms with E-state index >= 15 is 0 Å². The predicted octanol–water partition coefficient (Wildman–Crippen LogP) is 3.33. The van der Waals surface area contributed by atoms with Crippen molar-refractivity contribution in [2.45, 2.75) is 26.0 Å². The number of rotatable bonds is 4. The summed E-state index contributed by atoms with van der Waals surface area (Å²) in [6.45, 7) is 5.73. The third kappa shape index (κ3) is 3.86. The Balaban J connectivity index is 1.88. The summed E-state index contributed by atoms with van der Waals surface area (Å²) in [5.41, 5.74) is 2.79. The molecule has 5 heteroatoms. The molecule has 1 heterocycles. The van der Waals surface area contributed by atoms with Crippen LogP contribution in [-0.2, 0) is 4.79 Å². The highest BCUT2D eigenvalue weighted by atomic mass is 32.2. The molecule has 0 atom stereocenters. The van der Waals surface area contributed by atoms with Crippen LogP contribution < -0.4 is 5.32 Å².